The molecule has 0 spiro atoms. The first kappa shape index (κ1) is 14.0. The third kappa shape index (κ3) is 2.73. The number of nitrogens with one attached hydrogen (secondary N) is 1. The van der Waals surface area contributed by atoms with Gasteiger partial charge in [-0.05, 0) is 30.3 Å². The normalized spacial score (nSPS) is 12.6. The van der Waals surface area contributed by atoms with Crippen molar-refractivity contribution in [2.24, 2.45) is 0 Å². The fourth-order valence-corrected chi connectivity index (χ4v) is 2.24. The second-order valence-corrected chi connectivity index (χ2v) is 5.19. The van der Waals surface area contributed by atoms with Crippen molar-refractivity contribution in [2.45, 2.75) is 0 Å². The lowest BCUT2D eigenvalue weighted by Crippen LogP contribution is -2.15. The molecular weight excluding hydrogens is 276 g/mol. The summed E-state index contributed by atoms with van der Waals surface area (Å²) in [4.78, 5) is 13.2. The first-order chi connectivity index (χ1) is 10.7. The molecule has 0 unspecified atom stereocenters. The second kappa shape index (κ2) is 5.80. The molecule has 0 atom stereocenters. The molecule has 0 aliphatic carbocycles. The summed E-state index contributed by atoms with van der Waals surface area (Å²) in [6, 6.07) is 15.4. The molecule has 0 saturated carbocycles. The molecule has 0 amide bonds. The maximum absolute atomic E-state index is 11.2. The summed E-state index contributed by atoms with van der Waals surface area (Å²) in [5, 5.41) is 3.09. The van der Waals surface area contributed by atoms with Gasteiger partial charge in [0, 0.05) is 31.0 Å². The van der Waals surface area contributed by atoms with Crippen molar-refractivity contribution in [2.75, 3.05) is 24.3 Å². The molecule has 1 aliphatic heterocycles. The maximum atomic E-state index is 11.2. The van der Waals surface area contributed by atoms with Gasteiger partial charge in [-0.15, -0.1) is 0 Å². The van der Waals surface area contributed by atoms with E-state index in [1.54, 1.807) is 0 Å². The summed E-state index contributed by atoms with van der Waals surface area (Å²) in [7, 11) is 3.95. The molecule has 1 heterocycles. The van der Waals surface area contributed by atoms with Gasteiger partial charge in [0.1, 0.15) is 5.75 Å². The third-order valence-corrected chi connectivity index (χ3v) is 3.42. The molecule has 3 rings (SSSR count). The van der Waals surface area contributed by atoms with Gasteiger partial charge in [-0.25, -0.2) is 4.79 Å². The molecule has 0 fully saturated rings. The quantitative estimate of drug-likeness (QED) is 0.881. The smallest absolute Gasteiger partial charge is 0.167 e. The monoisotopic (exact) mass is 292 g/mol. The van der Waals surface area contributed by atoms with E-state index in [2.05, 4.69) is 5.32 Å². The Hall–Kier alpha value is -2.97. The molecule has 22 heavy (non-hydrogen) atoms. The zero-order valence-corrected chi connectivity index (χ0v) is 12.5. The van der Waals surface area contributed by atoms with E-state index < -0.39 is 0 Å². The predicted molar refractivity (Wildman–Crippen MR) is 88.6 cm³/mol. The lowest BCUT2D eigenvalue weighted by Gasteiger charge is -2.22. The number of anilines is 2. The van der Waals surface area contributed by atoms with Gasteiger partial charge in [0.05, 0.1) is 0 Å². The van der Waals surface area contributed by atoms with Crippen LogP contribution in [0, 0.1) is 0 Å². The minimum Gasteiger partial charge on any atom is -0.454 e. The van der Waals surface area contributed by atoms with Crippen molar-refractivity contribution >= 4 is 23.4 Å². The number of nitrogens with zero attached hydrogens (tertiary/aromatic N) is 1. The van der Waals surface area contributed by atoms with E-state index in [-0.39, 0.29) is 0 Å². The largest absolute Gasteiger partial charge is 0.454 e. The van der Waals surface area contributed by atoms with Crippen LogP contribution in [-0.2, 0) is 4.79 Å². The van der Waals surface area contributed by atoms with Crippen LogP contribution in [0.2, 0.25) is 0 Å². The van der Waals surface area contributed by atoms with E-state index in [0.29, 0.717) is 17.2 Å². The second-order valence-electron chi connectivity index (χ2n) is 5.19. The van der Waals surface area contributed by atoms with Crippen molar-refractivity contribution in [3.8, 4) is 5.75 Å². The summed E-state index contributed by atoms with van der Waals surface area (Å²) in [6.07, 6.45) is 1.85. The fourth-order valence-electron chi connectivity index (χ4n) is 2.24. The molecule has 0 saturated heterocycles. The van der Waals surface area contributed by atoms with Crippen LogP contribution in [0.4, 0.5) is 11.4 Å². The van der Waals surface area contributed by atoms with E-state index >= 15 is 0 Å². The van der Waals surface area contributed by atoms with Gasteiger partial charge in [0.2, 0.25) is 0 Å². The van der Waals surface area contributed by atoms with Gasteiger partial charge in [-0.2, -0.15) is 0 Å². The molecule has 4 heteroatoms. The van der Waals surface area contributed by atoms with Crippen LogP contribution in [0.25, 0.3) is 6.08 Å². The van der Waals surface area contributed by atoms with Crippen LogP contribution < -0.4 is 15.0 Å². The highest BCUT2D eigenvalue weighted by molar-refractivity contribution is 5.84. The molecule has 1 aliphatic rings. The Kier molecular flexibility index (Phi) is 3.69. The van der Waals surface area contributed by atoms with Gasteiger partial charge < -0.3 is 15.0 Å². The zero-order chi connectivity index (χ0) is 15.5. The number of rotatable bonds is 3. The Bertz CT molecular complexity index is 773. The first-order valence-electron chi connectivity index (χ1n) is 6.96. The number of ether oxygens (including phenoxy) is 1. The Morgan fingerprint density at radius 3 is 2.55 bits per heavy atom. The summed E-state index contributed by atoms with van der Waals surface area (Å²) >= 11 is 0. The van der Waals surface area contributed by atoms with Crippen molar-refractivity contribution in [3.63, 3.8) is 0 Å². The van der Waals surface area contributed by atoms with Gasteiger partial charge in [0.15, 0.2) is 17.4 Å². The fraction of sp³-hybridized carbons (Fsp3) is 0.111. The number of hydrogen-bond acceptors (Lipinski definition) is 4. The molecule has 2 aromatic rings. The molecule has 0 radical (unpaired) electrons. The summed E-state index contributed by atoms with van der Waals surface area (Å²) in [5.74, 6) is 3.05. The van der Waals surface area contributed by atoms with Crippen molar-refractivity contribution in [3.05, 3.63) is 65.6 Å². The Morgan fingerprint density at radius 2 is 1.86 bits per heavy atom. The van der Waals surface area contributed by atoms with Gasteiger partial charge in [-0.3, -0.25) is 0 Å². The van der Waals surface area contributed by atoms with Crippen LogP contribution in [0.15, 0.2) is 60.0 Å². The lowest BCUT2D eigenvalue weighted by molar-refractivity contribution is 0.441. The average molecular weight is 292 g/mol. The summed E-state index contributed by atoms with van der Waals surface area (Å²) < 4.78 is 5.78. The number of carbonyl (C=O) groups excluding carboxylic acids is 1. The Labute approximate surface area is 129 Å². The van der Waals surface area contributed by atoms with Gasteiger partial charge in [0.25, 0.3) is 0 Å². The minimum absolute atomic E-state index is 0.298. The van der Waals surface area contributed by atoms with Gasteiger partial charge >= 0.3 is 0 Å². The summed E-state index contributed by atoms with van der Waals surface area (Å²) in [6.45, 7) is 0. The van der Waals surface area contributed by atoms with Crippen molar-refractivity contribution in [1.29, 1.82) is 0 Å². The standard InChI is InChI=1S/C18H16N2O2/c1-20(2)14-9-8-13-10-18(17(12-21)19-16(13)11-14)22-15-6-4-3-5-7-15/h3-11,19H,1-2H3. The molecule has 4 nitrogen and oxygen atoms in total. The molecule has 2 aromatic carbocycles. The lowest BCUT2D eigenvalue weighted by atomic mass is 10.1. The number of para-hydroxylation sites is 1. The molecule has 0 aromatic heterocycles. The van der Waals surface area contributed by atoms with Crippen LogP contribution in [0.3, 0.4) is 0 Å². The van der Waals surface area contributed by atoms with E-state index in [4.69, 9.17) is 4.74 Å². The SMILES string of the molecule is CN(C)c1ccc2c(c1)NC(=C=O)C(Oc1ccccc1)=C2. The molecule has 1 N–H and O–H groups in total. The predicted octanol–water partition coefficient (Wildman–Crippen LogP) is 3.31. The van der Waals surface area contributed by atoms with E-state index in [0.717, 1.165) is 16.9 Å². The average Bonchev–Trinajstić information content (AvgIpc) is 2.54. The van der Waals surface area contributed by atoms with Crippen molar-refractivity contribution in [1.82, 2.24) is 0 Å². The highest BCUT2D eigenvalue weighted by Crippen LogP contribution is 2.32. The van der Waals surface area contributed by atoms with E-state index in [1.165, 1.54) is 0 Å². The van der Waals surface area contributed by atoms with Crippen LogP contribution in [0.5, 0.6) is 5.75 Å². The minimum atomic E-state index is 0.298. The maximum Gasteiger partial charge on any atom is 0.167 e. The van der Waals surface area contributed by atoms with E-state index in [9.17, 15) is 4.79 Å². The Morgan fingerprint density at radius 1 is 1.09 bits per heavy atom. The molecule has 110 valence electrons. The Balaban J connectivity index is 1.98. The topological polar surface area (TPSA) is 41.6 Å². The first-order valence-corrected chi connectivity index (χ1v) is 6.96. The van der Waals surface area contributed by atoms with Crippen molar-refractivity contribution < 1.29 is 9.53 Å². The molecule has 0 bridgehead atoms. The highest BCUT2D eigenvalue weighted by atomic mass is 16.5. The number of hydrogen-bond donors (Lipinski definition) is 1. The number of fused-ring (bicyclic) bond motifs is 1. The van der Waals surface area contributed by atoms with Crippen LogP contribution in [-0.4, -0.2) is 20.0 Å². The van der Waals surface area contributed by atoms with Gasteiger partial charge in [-0.1, -0.05) is 24.3 Å². The van der Waals surface area contributed by atoms with Crippen LogP contribution >= 0.6 is 0 Å². The summed E-state index contributed by atoms with van der Waals surface area (Å²) in [5.41, 5.74) is 3.19. The van der Waals surface area contributed by atoms with Crippen LogP contribution in [0.1, 0.15) is 5.56 Å². The highest BCUT2D eigenvalue weighted by Gasteiger charge is 2.18. The zero-order valence-electron chi connectivity index (χ0n) is 12.5. The third-order valence-electron chi connectivity index (χ3n) is 3.42. The number of benzene rings is 2. The molecular formula is C18H16N2O2. The van der Waals surface area contributed by atoms with E-state index in [1.807, 2.05) is 79.5 Å².